The zero-order valence-corrected chi connectivity index (χ0v) is 10.6. The van der Waals surface area contributed by atoms with Gasteiger partial charge in [0.25, 0.3) is 0 Å². The van der Waals surface area contributed by atoms with Gasteiger partial charge in [0.15, 0.2) is 0 Å². The molecule has 1 unspecified atom stereocenters. The molecule has 2 heteroatoms. The van der Waals surface area contributed by atoms with Crippen molar-refractivity contribution in [3.63, 3.8) is 0 Å². The van der Waals surface area contributed by atoms with E-state index in [-0.39, 0.29) is 16.4 Å². The molecule has 0 spiro atoms. The first-order valence-electron chi connectivity index (χ1n) is 5.32. The minimum absolute atomic E-state index is 0.128. The van der Waals surface area contributed by atoms with Gasteiger partial charge in [0.2, 0.25) is 0 Å². The van der Waals surface area contributed by atoms with Crippen LogP contribution in [0.2, 0.25) is 0 Å². The predicted molar refractivity (Wildman–Crippen MR) is 60.5 cm³/mol. The van der Waals surface area contributed by atoms with Crippen LogP contribution in [0.25, 0.3) is 0 Å². The molecule has 0 saturated carbocycles. The fraction of sp³-hybridized carbons (Fsp3) is 0.917. The van der Waals surface area contributed by atoms with Crippen LogP contribution in [-0.2, 0) is 4.84 Å². The van der Waals surface area contributed by atoms with Gasteiger partial charge in [-0.1, -0.05) is 46.7 Å². The maximum absolute atomic E-state index is 5.63. The molecule has 0 bridgehead atoms. The quantitative estimate of drug-likeness (QED) is 0.581. The first-order valence-corrected chi connectivity index (χ1v) is 5.32. The molecule has 1 aliphatic rings. The van der Waals surface area contributed by atoms with Crippen molar-refractivity contribution in [1.82, 2.24) is 0 Å². The Balaban J connectivity index is 2.81. The second-order valence-corrected chi connectivity index (χ2v) is 6.54. The van der Waals surface area contributed by atoms with Crippen LogP contribution in [0.4, 0.5) is 0 Å². The Labute approximate surface area is 87.7 Å². The number of rotatable bonds is 0. The lowest BCUT2D eigenvalue weighted by molar-refractivity contribution is -0.0810. The Morgan fingerprint density at radius 1 is 1.14 bits per heavy atom. The van der Waals surface area contributed by atoms with E-state index in [1.807, 2.05) is 0 Å². The van der Waals surface area contributed by atoms with Crippen LogP contribution in [-0.4, -0.2) is 11.3 Å². The van der Waals surface area contributed by atoms with Crippen LogP contribution in [0.1, 0.15) is 54.9 Å². The third-order valence-electron chi connectivity index (χ3n) is 3.31. The third kappa shape index (κ3) is 1.94. The van der Waals surface area contributed by atoms with Crippen LogP contribution in [0.5, 0.6) is 0 Å². The van der Waals surface area contributed by atoms with Gasteiger partial charge in [0.05, 0.1) is 5.71 Å². The van der Waals surface area contributed by atoms with Gasteiger partial charge in [0, 0.05) is 17.3 Å². The molecule has 0 amide bonds. The molecule has 1 heterocycles. The molecule has 0 aromatic heterocycles. The molecule has 82 valence electrons. The average Bonchev–Trinajstić information content (AvgIpc) is 2.29. The normalized spacial score (nSPS) is 28.6. The van der Waals surface area contributed by atoms with Gasteiger partial charge in [-0.15, -0.1) is 0 Å². The van der Waals surface area contributed by atoms with Crippen molar-refractivity contribution in [1.29, 1.82) is 0 Å². The summed E-state index contributed by atoms with van der Waals surface area (Å²) in [6.45, 7) is 15.3. The van der Waals surface area contributed by atoms with Gasteiger partial charge in [-0.3, -0.25) is 0 Å². The summed E-state index contributed by atoms with van der Waals surface area (Å²) in [6.07, 6.45) is 0.944. The fourth-order valence-electron chi connectivity index (χ4n) is 1.34. The molecular weight excluding hydrogens is 174 g/mol. The second kappa shape index (κ2) is 2.98. The Kier molecular flexibility index (Phi) is 2.46. The molecule has 0 fully saturated rings. The van der Waals surface area contributed by atoms with Crippen LogP contribution >= 0.6 is 0 Å². The van der Waals surface area contributed by atoms with Crippen molar-refractivity contribution in [2.24, 2.45) is 16.0 Å². The Bertz CT molecular complexity index is 254. The van der Waals surface area contributed by atoms with Crippen molar-refractivity contribution in [2.75, 3.05) is 0 Å². The van der Waals surface area contributed by atoms with E-state index in [4.69, 9.17) is 4.84 Å². The van der Waals surface area contributed by atoms with E-state index in [2.05, 4.69) is 53.6 Å². The van der Waals surface area contributed by atoms with Gasteiger partial charge in [-0.05, 0) is 6.92 Å². The highest BCUT2D eigenvalue weighted by Crippen LogP contribution is 2.42. The maximum atomic E-state index is 5.63. The molecule has 0 N–H and O–H groups in total. The molecule has 0 saturated heterocycles. The van der Waals surface area contributed by atoms with Gasteiger partial charge in [-0.25, -0.2) is 0 Å². The average molecular weight is 197 g/mol. The summed E-state index contributed by atoms with van der Waals surface area (Å²) in [5.74, 6) is 0. The summed E-state index contributed by atoms with van der Waals surface area (Å²) in [7, 11) is 0. The summed E-state index contributed by atoms with van der Waals surface area (Å²) in [4.78, 5) is 5.63. The van der Waals surface area contributed by atoms with Crippen LogP contribution in [0.3, 0.4) is 0 Å². The summed E-state index contributed by atoms with van der Waals surface area (Å²) >= 11 is 0. The van der Waals surface area contributed by atoms with E-state index < -0.39 is 0 Å². The Morgan fingerprint density at radius 3 is 1.86 bits per heavy atom. The van der Waals surface area contributed by atoms with E-state index in [0.29, 0.717) is 0 Å². The minimum Gasteiger partial charge on any atom is -0.389 e. The molecule has 0 aliphatic carbocycles. The highest BCUT2D eigenvalue weighted by Gasteiger charge is 2.46. The fourth-order valence-corrected chi connectivity index (χ4v) is 1.34. The molecule has 1 atom stereocenters. The Hall–Kier alpha value is -0.530. The van der Waals surface area contributed by atoms with Gasteiger partial charge < -0.3 is 4.84 Å². The number of oxime groups is 1. The van der Waals surface area contributed by atoms with Gasteiger partial charge >= 0.3 is 0 Å². The predicted octanol–water partition coefficient (Wildman–Crippen LogP) is 3.61. The Morgan fingerprint density at radius 2 is 1.64 bits per heavy atom. The van der Waals surface area contributed by atoms with E-state index in [1.165, 1.54) is 5.71 Å². The molecular formula is C12H23NO. The number of hydrogen-bond acceptors (Lipinski definition) is 2. The summed E-state index contributed by atoms with van der Waals surface area (Å²) in [6, 6.07) is 0. The van der Waals surface area contributed by atoms with Gasteiger partial charge in [-0.2, -0.15) is 0 Å². The molecule has 0 aromatic rings. The standard InChI is InChI=1S/C12H23NO/c1-10(2,3)9-8-12(7,14-13-9)11(4,5)6/h8H2,1-7H3. The molecule has 0 aromatic carbocycles. The van der Waals surface area contributed by atoms with E-state index in [9.17, 15) is 0 Å². The highest BCUT2D eigenvalue weighted by molar-refractivity contribution is 5.90. The van der Waals surface area contributed by atoms with E-state index in [0.717, 1.165) is 6.42 Å². The number of hydrogen-bond donors (Lipinski definition) is 0. The minimum atomic E-state index is -0.143. The van der Waals surface area contributed by atoms with Crippen molar-refractivity contribution < 1.29 is 4.84 Å². The van der Waals surface area contributed by atoms with Crippen LogP contribution in [0.15, 0.2) is 5.16 Å². The van der Waals surface area contributed by atoms with E-state index in [1.54, 1.807) is 0 Å². The van der Waals surface area contributed by atoms with Crippen molar-refractivity contribution in [3.8, 4) is 0 Å². The summed E-state index contributed by atoms with van der Waals surface area (Å²) < 4.78 is 0. The third-order valence-corrected chi connectivity index (χ3v) is 3.31. The van der Waals surface area contributed by atoms with Crippen molar-refractivity contribution in [3.05, 3.63) is 0 Å². The lowest BCUT2D eigenvalue weighted by Crippen LogP contribution is -2.41. The maximum Gasteiger partial charge on any atom is 0.145 e. The molecule has 2 nitrogen and oxygen atoms in total. The van der Waals surface area contributed by atoms with Crippen LogP contribution in [0, 0.1) is 10.8 Å². The summed E-state index contributed by atoms with van der Waals surface area (Å²) in [5, 5.41) is 4.24. The molecule has 1 rings (SSSR count). The summed E-state index contributed by atoms with van der Waals surface area (Å²) in [5.41, 5.74) is 1.29. The van der Waals surface area contributed by atoms with E-state index >= 15 is 0 Å². The lowest BCUT2D eigenvalue weighted by Gasteiger charge is -2.36. The smallest absolute Gasteiger partial charge is 0.145 e. The SMILES string of the molecule is CC(C)(C)C1=NOC(C)(C(C)(C)C)C1. The monoisotopic (exact) mass is 197 g/mol. The second-order valence-electron chi connectivity index (χ2n) is 6.54. The zero-order valence-electron chi connectivity index (χ0n) is 10.6. The zero-order chi connectivity index (χ0) is 11.2. The molecule has 0 radical (unpaired) electrons. The van der Waals surface area contributed by atoms with Gasteiger partial charge in [0.1, 0.15) is 5.60 Å². The molecule has 14 heavy (non-hydrogen) atoms. The topological polar surface area (TPSA) is 21.6 Å². The largest absolute Gasteiger partial charge is 0.389 e. The first-order chi connectivity index (χ1) is 6.06. The van der Waals surface area contributed by atoms with Crippen molar-refractivity contribution in [2.45, 2.75) is 60.5 Å². The highest BCUT2D eigenvalue weighted by atomic mass is 16.7. The first kappa shape index (κ1) is 11.5. The number of nitrogens with zero attached hydrogens (tertiary/aromatic N) is 1. The van der Waals surface area contributed by atoms with Crippen molar-refractivity contribution >= 4 is 5.71 Å². The molecule has 1 aliphatic heterocycles. The lowest BCUT2D eigenvalue weighted by atomic mass is 9.72. The van der Waals surface area contributed by atoms with Crippen LogP contribution < -0.4 is 0 Å².